The van der Waals surface area contributed by atoms with Gasteiger partial charge in [-0.2, -0.15) is 0 Å². The number of carbonyl (C=O) groups is 1. The van der Waals surface area contributed by atoms with E-state index in [1.165, 1.54) is 25.3 Å². The van der Waals surface area contributed by atoms with Gasteiger partial charge in [0.1, 0.15) is 5.75 Å². The van der Waals surface area contributed by atoms with E-state index >= 15 is 0 Å². The van der Waals surface area contributed by atoms with Gasteiger partial charge in [0, 0.05) is 11.1 Å². The molecule has 0 aliphatic heterocycles. The lowest BCUT2D eigenvalue weighted by atomic mass is 10.0. The van der Waals surface area contributed by atoms with Gasteiger partial charge in [0.25, 0.3) is 10.0 Å². The van der Waals surface area contributed by atoms with E-state index in [2.05, 4.69) is 6.58 Å². The van der Waals surface area contributed by atoms with Gasteiger partial charge in [-0.1, -0.05) is 28.2 Å². The fraction of sp³-hybridized carbons (Fsp3) is 0.250. The molecule has 0 amide bonds. The van der Waals surface area contributed by atoms with Crippen molar-refractivity contribution in [3.05, 3.63) is 71.3 Å². The van der Waals surface area contributed by atoms with E-state index in [0.717, 1.165) is 15.6 Å². The molecule has 2 aromatic rings. The molecule has 0 bridgehead atoms. The Balaban J connectivity index is 2.50. The number of hydrogen-bond acceptors (Lipinski definition) is 5. The first-order chi connectivity index (χ1) is 12.8. The number of aryl methyl sites for hydroxylation is 2. The van der Waals surface area contributed by atoms with Crippen molar-refractivity contribution in [2.45, 2.75) is 25.3 Å². The summed E-state index contributed by atoms with van der Waals surface area (Å²) in [6.45, 7) is 7.07. The number of hydrogen-bond donors (Lipinski definition) is 0. The Bertz CT molecular complexity index is 920. The van der Waals surface area contributed by atoms with Gasteiger partial charge in [-0.15, -0.1) is 6.58 Å². The highest BCUT2D eigenvalue weighted by Crippen LogP contribution is 2.28. The first-order valence-corrected chi connectivity index (χ1v) is 9.73. The van der Waals surface area contributed by atoms with Gasteiger partial charge in [-0.3, -0.25) is 9.63 Å². The number of ether oxygens (including phenoxy) is 1. The van der Waals surface area contributed by atoms with Crippen molar-refractivity contribution in [3.8, 4) is 5.75 Å². The molecule has 0 spiro atoms. The number of methoxy groups -OCH3 is 1. The Morgan fingerprint density at radius 2 is 1.78 bits per heavy atom. The van der Waals surface area contributed by atoms with E-state index in [1.54, 1.807) is 24.3 Å². The molecule has 0 fully saturated rings. The molecule has 27 heavy (non-hydrogen) atoms. The maximum absolute atomic E-state index is 13.1. The largest absolute Gasteiger partial charge is 0.496 e. The van der Waals surface area contributed by atoms with Crippen LogP contribution in [0.5, 0.6) is 5.75 Å². The minimum atomic E-state index is -3.96. The monoisotopic (exact) mass is 389 g/mol. The third-order valence-corrected chi connectivity index (χ3v) is 5.58. The van der Waals surface area contributed by atoms with E-state index in [1.807, 2.05) is 13.8 Å². The molecule has 2 aromatic carbocycles. The number of hydroxylamine groups is 1. The molecule has 144 valence electrons. The molecule has 0 aliphatic carbocycles. The Kier molecular flexibility index (Phi) is 6.90. The SMILES string of the molecule is C=CCON(Cc1c(C=O)cc(C)cc1OC)S(=O)(=O)c1ccc(C)cc1. The Labute approximate surface area is 160 Å². The predicted molar refractivity (Wildman–Crippen MR) is 103 cm³/mol. The van der Waals surface area contributed by atoms with Crippen molar-refractivity contribution < 1.29 is 22.8 Å². The minimum Gasteiger partial charge on any atom is -0.496 e. The first kappa shape index (κ1) is 20.8. The van der Waals surface area contributed by atoms with E-state index in [9.17, 15) is 13.2 Å². The number of nitrogens with zero attached hydrogens (tertiary/aromatic N) is 1. The van der Waals surface area contributed by atoms with Crippen LogP contribution in [0.15, 0.2) is 53.9 Å². The van der Waals surface area contributed by atoms with Gasteiger partial charge in [0.2, 0.25) is 0 Å². The average Bonchev–Trinajstić information content (AvgIpc) is 2.65. The van der Waals surface area contributed by atoms with Crippen LogP contribution in [-0.2, 0) is 21.4 Å². The van der Waals surface area contributed by atoms with Crippen LogP contribution in [0.3, 0.4) is 0 Å². The summed E-state index contributed by atoms with van der Waals surface area (Å²) in [6, 6.07) is 9.87. The van der Waals surface area contributed by atoms with Crippen LogP contribution in [0.25, 0.3) is 0 Å². The molecular weight excluding hydrogens is 366 g/mol. The highest BCUT2D eigenvalue weighted by molar-refractivity contribution is 7.89. The number of benzene rings is 2. The van der Waals surface area contributed by atoms with E-state index < -0.39 is 10.0 Å². The second-order valence-corrected chi connectivity index (χ2v) is 7.85. The summed E-state index contributed by atoms with van der Waals surface area (Å²) in [5.41, 5.74) is 2.55. The molecule has 0 radical (unpaired) electrons. The van der Waals surface area contributed by atoms with Crippen molar-refractivity contribution in [1.29, 1.82) is 0 Å². The third kappa shape index (κ3) is 4.82. The zero-order valence-electron chi connectivity index (χ0n) is 15.6. The van der Waals surface area contributed by atoms with Gasteiger partial charge in [0.05, 0.1) is 25.2 Å². The highest BCUT2D eigenvalue weighted by atomic mass is 32.2. The van der Waals surface area contributed by atoms with Crippen LogP contribution >= 0.6 is 0 Å². The van der Waals surface area contributed by atoms with Gasteiger partial charge in [-0.05, 0) is 43.7 Å². The third-order valence-electron chi connectivity index (χ3n) is 3.95. The maximum Gasteiger partial charge on any atom is 0.265 e. The fourth-order valence-electron chi connectivity index (χ4n) is 2.56. The average molecular weight is 389 g/mol. The van der Waals surface area contributed by atoms with Crippen molar-refractivity contribution >= 4 is 16.3 Å². The van der Waals surface area contributed by atoms with Crippen LogP contribution in [0.1, 0.15) is 27.0 Å². The Morgan fingerprint density at radius 3 is 2.33 bits per heavy atom. The smallest absolute Gasteiger partial charge is 0.265 e. The number of sulfonamides is 1. The zero-order valence-corrected chi connectivity index (χ0v) is 16.5. The topological polar surface area (TPSA) is 72.9 Å². The van der Waals surface area contributed by atoms with E-state index in [-0.39, 0.29) is 18.0 Å². The molecule has 2 rings (SSSR count). The van der Waals surface area contributed by atoms with Crippen molar-refractivity contribution in [1.82, 2.24) is 4.47 Å². The Hall–Kier alpha value is -2.48. The Morgan fingerprint density at radius 1 is 1.11 bits per heavy atom. The summed E-state index contributed by atoms with van der Waals surface area (Å²) in [6.07, 6.45) is 2.12. The van der Waals surface area contributed by atoms with Crippen molar-refractivity contribution in [2.24, 2.45) is 0 Å². The van der Waals surface area contributed by atoms with Gasteiger partial charge in [0.15, 0.2) is 6.29 Å². The maximum atomic E-state index is 13.1. The molecule has 0 unspecified atom stereocenters. The molecule has 0 N–H and O–H groups in total. The van der Waals surface area contributed by atoms with Crippen molar-refractivity contribution in [2.75, 3.05) is 13.7 Å². The molecule has 6 nitrogen and oxygen atoms in total. The van der Waals surface area contributed by atoms with Crippen LogP contribution in [0.2, 0.25) is 0 Å². The number of rotatable bonds is 9. The molecule has 0 saturated heterocycles. The summed E-state index contributed by atoms with van der Waals surface area (Å²) in [4.78, 5) is 17.0. The summed E-state index contributed by atoms with van der Waals surface area (Å²) >= 11 is 0. The first-order valence-electron chi connectivity index (χ1n) is 8.29. The van der Waals surface area contributed by atoms with Crippen LogP contribution < -0.4 is 4.74 Å². The van der Waals surface area contributed by atoms with Crippen LogP contribution in [0.4, 0.5) is 0 Å². The normalized spacial score (nSPS) is 11.4. The lowest BCUT2D eigenvalue weighted by Crippen LogP contribution is -2.31. The summed E-state index contributed by atoms with van der Waals surface area (Å²) in [7, 11) is -2.49. The second-order valence-electron chi connectivity index (χ2n) is 6.02. The fourth-order valence-corrected chi connectivity index (χ4v) is 3.77. The minimum absolute atomic E-state index is 0.00428. The summed E-state index contributed by atoms with van der Waals surface area (Å²) < 4.78 is 32.3. The van der Waals surface area contributed by atoms with Gasteiger partial charge < -0.3 is 4.74 Å². The van der Waals surface area contributed by atoms with Gasteiger partial charge in [-0.25, -0.2) is 8.42 Å². The molecule has 0 aliphatic rings. The molecule has 0 heterocycles. The van der Waals surface area contributed by atoms with Crippen LogP contribution in [-0.4, -0.2) is 32.9 Å². The molecule has 0 aromatic heterocycles. The lowest BCUT2D eigenvalue weighted by molar-refractivity contribution is -0.0770. The summed E-state index contributed by atoms with van der Waals surface area (Å²) in [5, 5.41) is 0. The molecule has 0 atom stereocenters. The van der Waals surface area contributed by atoms with E-state index in [0.29, 0.717) is 23.2 Å². The number of carbonyl (C=O) groups excluding carboxylic acids is 1. The molecule has 0 saturated carbocycles. The quantitative estimate of drug-likeness (QED) is 0.373. The molecular formula is C20H23NO5S. The second kappa shape index (κ2) is 8.94. The predicted octanol–water partition coefficient (Wildman–Crippen LogP) is 3.43. The molecule has 7 heteroatoms. The van der Waals surface area contributed by atoms with E-state index in [4.69, 9.17) is 9.57 Å². The van der Waals surface area contributed by atoms with Crippen LogP contribution in [0, 0.1) is 13.8 Å². The van der Waals surface area contributed by atoms with Crippen molar-refractivity contribution in [3.63, 3.8) is 0 Å². The zero-order chi connectivity index (χ0) is 20.0. The highest BCUT2D eigenvalue weighted by Gasteiger charge is 2.28. The standard InChI is InChI=1S/C20H23NO5S/c1-5-10-26-21(27(23,24)18-8-6-15(2)7-9-18)13-19-17(14-22)11-16(3)12-20(19)25-4/h5-9,11-12,14H,1,10,13H2,2-4H3. The lowest BCUT2D eigenvalue weighted by Gasteiger charge is -2.23. The summed E-state index contributed by atoms with van der Waals surface area (Å²) in [5.74, 6) is 0.420. The number of aldehydes is 1. The van der Waals surface area contributed by atoms with Gasteiger partial charge >= 0.3 is 0 Å².